The van der Waals surface area contributed by atoms with Gasteiger partial charge in [-0.1, -0.05) is 0 Å². The van der Waals surface area contributed by atoms with Crippen LogP contribution in [-0.2, 0) is 9.53 Å². The van der Waals surface area contributed by atoms with E-state index in [0.29, 0.717) is 11.3 Å². The Kier molecular flexibility index (Phi) is 4.79. The van der Waals surface area contributed by atoms with Gasteiger partial charge in [0.25, 0.3) is 5.69 Å². The largest absolute Gasteiger partial charge is 0.369 e. The topological polar surface area (TPSA) is 81.5 Å². The summed E-state index contributed by atoms with van der Waals surface area (Å²) in [6, 6.07) is 4.43. The van der Waals surface area contributed by atoms with Crippen molar-refractivity contribution in [3.8, 4) is 0 Å². The molecule has 0 aliphatic carbocycles. The van der Waals surface area contributed by atoms with E-state index in [4.69, 9.17) is 4.74 Å². The summed E-state index contributed by atoms with van der Waals surface area (Å²) in [5.74, 6) is -0.281. The van der Waals surface area contributed by atoms with Crippen molar-refractivity contribution in [1.29, 1.82) is 0 Å². The third-order valence-corrected chi connectivity index (χ3v) is 2.23. The molecule has 18 heavy (non-hydrogen) atoms. The average Bonchev–Trinajstić information content (AvgIpc) is 2.26. The molecule has 0 aliphatic rings. The number of nitrogens with one attached hydrogen (secondary N) is 1. The predicted molar refractivity (Wildman–Crippen MR) is 67.6 cm³/mol. The first-order valence-electron chi connectivity index (χ1n) is 5.56. The highest BCUT2D eigenvalue weighted by atomic mass is 16.6. The Morgan fingerprint density at radius 2 is 2.17 bits per heavy atom. The number of carbonyl (C=O) groups excluding carboxylic acids is 1. The molecule has 0 spiro atoms. The van der Waals surface area contributed by atoms with Gasteiger partial charge in [0.2, 0.25) is 5.91 Å². The molecule has 6 heteroatoms. The molecule has 1 aromatic carbocycles. The summed E-state index contributed by atoms with van der Waals surface area (Å²) in [4.78, 5) is 21.7. The van der Waals surface area contributed by atoms with Crippen LogP contribution in [0.5, 0.6) is 0 Å². The third kappa shape index (κ3) is 4.14. The zero-order chi connectivity index (χ0) is 13.7. The number of aryl methyl sites for hydroxylation is 1. The summed E-state index contributed by atoms with van der Waals surface area (Å²) < 4.78 is 5.15. The van der Waals surface area contributed by atoms with E-state index < -0.39 is 4.92 Å². The smallest absolute Gasteiger partial charge is 0.272 e. The summed E-state index contributed by atoms with van der Waals surface area (Å²) in [5, 5.41) is 13.2. The molecular formula is C12H16N2O4. The van der Waals surface area contributed by atoms with E-state index >= 15 is 0 Å². The van der Waals surface area contributed by atoms with Gasteiger partial charge in [0.05, 0.1) is 11.0 Å². The zero-order valence-electron chi connectivity index (χ0n) is 10.6. The maximum absolute atomic E-state index is 11.5. The lowest BCUT2D eigenvalue weighted by molar-refractivity contribution is -0.385. The Balaban J connectivity index is 2.66. The van der Waals surface area contributed by atoms with Gasteiger partial charge in [-0.15, -0.1) is 0 Å². The molecule has 0 heterocycles. The van der Waals surface area contributed by atoms with E-state index in [2.05, 4.69) is 5.32 Å². The van der Waals surface area contributed by atoms with Crippen LogP contribution in [0, 0.1) is 17.0 Å². The van der Waals surface area contributed by atoms with Crippen molar-refractivity contribution < 1.29 is 14.5 Å². The summed E-state index contributed by atoms with van der Waals surface area (Å²) >= 11 is 0. The van der Waals surface area contributed by atoms with Gasteiger partial charge in [0, 0.05) is 17.3 Å². The van der Waals surface area contributed by atoms with Crippen molar-refractivity contribution in [3.05, 3.63) is 33.9 Å². The number of carbonyl (C=O) groups is 1. The molecule has 0 bridgehead atoms. The summed E-state index contributed by atoms with van der Waals surface area (Å²) in [7, 11) is 0. The van der Waals surface area contributed by atoms with Crippen molar-refractivity contribution >= 4 is 17.3 Å². The van der Waals surface area contributed by atoms with Crippen LogP contribution in [0.3, 0.4) is 0 Å². The molecular weight excluding hydrogens is 236 g/mol. The number of rotatable bonds is 5. The highest BCUT2D eigenvalue weighted by Crippen LogP contribution is 2.21. The Morgan fingerprint density at radius 3 is 2.67 bits per heavy atom. The summed E-state index contributed by atoms with van der Waals surface area (Å²) in [5.41, 5.74) is 1.06. The molecule has 0 atom stereocenters. The van der Waals surface area contributed by atoms with Gasteiger partial charge < -0.3 is 10.1 Å². The quantitative estimate of drug-likeness (QED) is 0.643. The SMILES string of the molecule is Cc1cc(NC(=O)COC(C)C)ccc1[N+](=O)[O-]. The zero-order valence-corrected chi connectivity index (χ0v) is 10.6. The van der Waals surface area contributed by atoms with E-state index in [1.807, 2.05) is 13.8 Å². The standard InChI is InChI=1S/C12H16N2O4/c1-8(2)18-7-12(15)13-10-4-5-11(14(16)17)9(3)6-10/h4-6,8H,7H2,1-3H3,(H,13,15). The number of nitro benzene ring substituents is 1. The molecule has 0 radical (unpaired) electrons. The number of hydrogen-bond donors (Lipinski definition) is 1. The molecule has 0 unspecified atom stereocenters. The van der Waals surface area contributed by atoms with Crippen molar-refractivity contribution in [2.24, 2.45) is 0 Å². The first-order valence-corrected chi connectivity index (χ1v) is 5.56. The molecule has 1 N–H and O–H groups in total. The van der Waals surface area contributed by atoms with Crippen LogP contribution in [0.15, 0.2) is 18.2 Å². The van der Waals surface area contributed by atoms with Gasteiger partial charge in [-0.25, -0.2) is 0 Å². The number of nitro groups is 1. The lowest BCUT2D eigenvalue weighted by atomic mass is 10.2. The number of nitrogens with zero attached hydrogens (tertiary/aromatic N) is 1. The van der Waals surface area contributed by atoms with Gasteiger partial charge in [0.15, 0.2) is 0 Å². The Morgan fingerprint density at radius 1 is 1.50 bits per heavy atom. The first kappa shape index (κ1) is 14.1. The molecule has 98 valence electrons. The van der Waals surface area contributed by atoms with E-state index in [0.717, 1.165) is 0 Å². The second kappa shape index (κ2) is 6.11. The van der Waals surface area contributed by atoms with Gasteiger partial charge in [-0.3, -0.25) is 14.9 Å². The van der Waals surface area contributed by atoms with Crippen LogP contribution < -0.4 is 5.32 Å². The average molecular weight is 252 g/mol. The first-order chi connectivity index (χ1) is 8.40. The number of hydrogen-bond acceptors (Lipinski definition) is 4. The molecule has 0 aliphatic heterocycles. The van der Waals surface area contributed by atoms with Crippen LogP contribution in [0.2, 0.25) is 0 Å². The second-order valence-electron chi connectivity index (χ2n) is 4.17. The fourth-order valence-corrected chi connectivity index (χ4v) is 1.38. The van der Waals surface area contributed by atoms with Crippen molar-refractivity contribution in [1.82, 2.24) is 0 Å². The van der Waals surface area contributed by atoms with E-state index in [1.54, 1.807) is 13.0 Å². The second-order valence-corrected chi connectivity index (χ2v) is 4.17. The van der Waals surface area contributed by atoms with Crippen molar-refractivity contribution in [2.75, 3.05) is 11.9 Å². The molecule has 1 amide bonds. The minimum Gasteiger partial charge on any atom is -0.369 e. The van der Waals surface area contributed by atoms with Crippen LogP contribution in [0.4, 0.5) is 11.4 Å². The fourth-order valence-electron chi connectivity index (χ4n) is 1.38. The molecule has 1 rings (SSSR count). The fraction of sp³-hybridized carbons (Fsp3) is 0.417. The number of amides is 1. The van der Waals surface area contributed by atoms with E-state index in [9.17, 15) is 14.9 Å². The van der Waals surface area contributed by atoms with Crippen molar-refractivity contribution in [3.63, 3.8) is 0 Å². The number of anilines is 1. The van der Waals surface area contributed by atoms with Crippen LogP contribution in [-0.4, -0.2) is 23.5 Å². The number of benzene rings is 1. The maximum Gasteiger partial charge on any atom is 0.272 e. The van der Waals surface area contributed by atoms with Gasteiger partial charge in [-0.2, -0.15) is 0 Å². The third-order valence-electron chi connectivity index (χ3n) is 2.23. The van der Waals surface area contributed by atoms with E-state index in [1.165, 1.54) is 12.1 Å². The highest BCUT2D eigenvalue weighted by Gasteiger charge is 2.11. The highest BCUT2D eigenvalue weighted by molar-refractivity contribution is 5.91. The van der Waals surface area contributed by atoms with E-state index in [-0.39, 0.29) is 24.3 Å². The molecule has 0 saturated heterocycles. The Labute approximate surface area is 105 Å². The summed E-state index contributed by atoms with van der Waals surface area (Å²) in [6.45, 7) is 5.26. The van der Waals surface area contributed by atoms with Gasteiger partial charge in [0.1, 0.15) is 6.61 Å². The lowest BCUT2D eigenvalue weighted by Gasteiger charge is -2.09. The van der Waals surface area contributed by atoms with Gasteiger partial charge >= 0.3 is 0 Å². The predicted octanol–water partition coefficient (Wildman–Crippen LogP) is 2.27. The Hall–Kier alpha value is -1.95. The molecule has 0 fully saturated rings. The maximum atomic E-state index is 11.5. The molecule has 0 aromatic heterocycles. The minimum atomic E-state index is -0.456. The number of ether oxygens (including phenoxy) is 1. The monoisotopic (exact) mass is 252 g/mol. The van der Waals surface area contributed by atoms with Gasteiger partial charge in [-0.05, 0) is 32.9 Å². The molecule has 6 nitrogen and oxygen atoms in total. The molecule has 0 saturated carbocycles. The minimum absolute atomic E-state index is 0.0191. The normalized spacial score (nSPS) is 10.4. The van der Waals surface area contributed by atoms with Crippen LogP contribution >= 0.6 is 0 Å². The molecule has 1 aromatic rings. The van der Waals surface area contributed by atoms with Crippen LogP contribution in [0.25, 0.3) is 0 Å². The summed E-state index contributed by atoms with van der Waals surface area (Å²) in [6.07, 6.45) is -0.0191. The lowest BCUT2D eigenvalue weighted by Crippen LogP contribution is -2.20. The Bertz CT molecular complexity index is 457. The van der Waals surface area contributed by atoms with Crippen molar-refractivity contribution in [2.45, 2.75) is 26.9 Å². The van der Waals surface area contributed by atoms with Crippen LogP contribution in [0.1, 0.15) is 19.4 Å².